The van der Waals surface area contributed by atoms with Crippen LogP contribution in [0.1, 0.15) is 15.9 Å². The average Bonchev–Trinajstić information content (AvgIpc) is 2.74. The third kappa shape index (κ3) is 2.53. The summed E-state index contributed by atoms with van der Waals surface area (Å²) in [6.45, 7) is 0. The second-order valence-electron chi connectivity index (χ2n) is 3.49. The minimum atomic E-state index is -4.78. The highest BCUT2D eigenvalue weighted by Crippen LogP contribution is 2.33. The zero-order chi connectivity index (χ0) is 14.2. The lowest BCUT2D eigenvalue weighted by molar-refractivity contribution is -0.138. The van der Waals surface area contributed by atoms with E-state index in [0.29, 0.717) is 6.20 Å². The molecular weight excluding hydrogens is 287 g/mol. The maximum Gasteiger partial charge on any atom is 0.418 e. The highest BCUT2D eigenvalue weighted by atomic mass is 35.5. The third-order valence-corrected chi connectivity index (χ3v) is 2.52. The van der Waals surface area contributed by atoms with Crippen molar-refractivity contribution in [3.63, 3.8) is 0 Å². The second-order valence-corrected chi connectivity index (χ2v) is 3.90. The molecule has 0 aliphatic rings. The maximum atomic E-state index is 12.7. The van der Waals surface area contributed by atoms with Crippen LogP contribution in [0.2, 0.25) is 5.02 Å². The Morgan fingerprint density at radius 2 is 2.05 bits per heavy atom. The number of carbonyl (C=O) groups is 1. The van der Waals surface area contributed by atoms with Gasteiger partial charge in [-0.05, 0) is 0 Å². The van der Waals surface area contributed by atoms with Crippen molar-refractivity contribution < 1.29 is 23.1 Å². The molecule has 0 aliphatic carbocycles. The number of hydrogen-bond donors (Lipinski definition) is 1. The third-order valence-electron chi connectivity index (χ3n) is 2.26. The molecule has 2 rings (SSSR count). The normalized spacial score (nSPS) is 11.6. The molecule has 0 aliphatic heterocycles. The van der Waals surface area contributed by atoms with Gasteiger partial charge in [0.05, 0.1) is 17.3 Å². The molecule has 0 saturated carbocycles. The van der Waals surface area contributed by atoms with Crippen molar-refractivity contribution in [2.45, 2.75) is 6.18 Å². The van der Waals surface area contributed by atoms with Crippen molar-refractivity contribution in [2.24, 2.45) is 0 Å². The first-order chi connectivity index (χ1) is 8.80. The molecule has 0 spiro atoms. The van der Waals surface area contributed by atoms with Crippen molar-refractivity contribution in [2.75, 3.05) is 0 Å². The van der Waals surface area contributed by atoms with Gasteiger partial charge in [0, 0.05) is 12.4 Å². The van der Waals surface area contributed by atoms with E-state index in [1.54, 1.807) is 0 Å². The molecule has 0 saturated heterocycles. The van der Waals surface area contributed by atoms with Crippen LogP contribution < -0.4 is 0 Å². The van der Waals surface area contributed by atoms with Crippen LogP contribution in [0.3, 0.4) is 0 Å². The number of halogens is 4. The summed E-state index contributed by atoms with van der Waals surface area (Å²) in [6.07, 6.45) is -1.07. The van der Waals surface area contributed by atoms with E-state index in [1.807, 2.05) is 0 Å². The lowest BCUT2D eigenvalue weighted by atomic mass is 10.2. The topological polar surface area (TPSA) is 68.0 Å². The van der Waals surface area contributed by atoms with E-state index in [4.69, 9.17) is 16.7 Å². The van der Waals surface area contributed by atoms with Crippen molar-refractivity contribution >= 4 is 17.6 Å². The Morgan fingerprint density at radius 3 is 2.53 bits per heavy atom. The van der Waals surface area contributed by atoms with Gasteiger partial charge in [-0.15, -0.1) is 0 Å². The highest BCUT2D eigenvalue weighted by Gasteiger charge is 2.37. The van der Waals surface area contributed by atoms with Gasteiger partial charge in [0.1, 0.15) is 11.3 Å². The fourth-order valence-electron chi connectivity index (χ4n) is 1.47. The average molecular weight is 292 g/mol. The van der Waals surface area contributed by atoms with Gasteiger partial charge in [0.15, 0.2) is 5.82 Å². The Morgan fingerprint density at radius 1 is 1.37 bits per heavy atom. The second kappa shape index (κ2) is 4.54. The molecule has 19 heavy (non-hydrogen) atoms. The molecule has 2 aromatic rings. The molecule has 9 heteroatoms. The quantitative estimate of drug-likeness (QED) is 0.923. The molecular formula is C10H5ClF3N3O2. The van der Waals surface area contributed by atoms with E-state index >= 15 is 0 Å². The molecule has 0 radical (unpaired) electrons. The van der Waals surface area contributed by atoms with E-state index in [1.165, 1.54) is 6.20 Å². The first-order valence-electron chi connectivity index (χ1n) is 4.79. The number of hydrogen-bond acceptors (Lipinski definition) is 3. The zero-order valence-corrected chi connectivity index (χ0v) is 9.77. The van der Waals surface area contributed by atoms with E-state index in [9.17, 15) is 18.0 Å². The summed E-state index contributed by atoms with van der Waals surface area (Å²) in [4.78, 5) is 18.1. The predicted octanol–water partition coefficient (Wildman–Crippen LogP) is 2.64. The number of aromatic carboxylic acids is 1. The van der Waals surface area contributed by atoms with Crippen molar-refractivity contribution in [1.29, 1.82) is 0 Å². The predicted molar refractivity (Wildman–Crippen MR) is 58.3 cm³/mol. The van der Waals surface area contributed by atoms with Crippen LogP contribution in [-0.2, 0) is 6.18 Å². The van der Waals surface area contributed by atoms with Gasteiger partial charge in [-0.3, -0.25) is 0 Å². The van der Waals surface area contributed by atoms with E-state index < -0.39 is 23.3 Å². The minimum absolute atomic E-state index is 0.00293. The van der Waals surface area contributed by atoms with Gasteiger partial charge in [-0.1, -0.05) is 11.6 Å². The summed E-state index contributed by atoms with van der Waals surface area (Å²) in [7, 11) is 0. The number of nitrogens with zero attached hydrogens (tertiary/aromatic N) is 3. The van der Waals surface area contributed by atoms with Crippen molar-refractivity contribution in [1.82, 2.24) is 14.5 Å². The molecule has 100 valence electrons. The Kier molecular flexibility index (Phi) is 3.19. The molecule has 0 fully saturated rings. The van der Waals surface area contributed by atoms with Crippen LogP contribution in [0.5, 0.6) is 0 Å². The summed E-state index contributed by atoms with van der Waals surface area (Å²) in [6, 6.07) is 0. The Bertz CT molecular complexity index is 639. The maximum absolute atomic E-state index is 12.7. The Balaban J connectivity index is 2.62. The SMILES string of the molecule is O=C(O)c1cn(-c2ncncc2Cl)cc1C(F)(F)F. The molecule has 0 bridgehead atoms. The van der Waals surface area contributed by atoms with Gasteiger partial charge >= 0.3 is 12.1 Å². The van der Waals surface area contributed by atoms with Gasteiger partial charge in [-0.25, -0.2) is 14.8 Å². The van der Waals surface area contributed by atoms with Crippen LogP contribution in [0.25, 0.3) is 5.82 Å². The molecule has 0 amide bonds. The van der Waals surface area contributed by atoms with Crippen LogP contribution in [0, 0.1) is 0 Å². The minimum Gasteiger partial charge on any atom is -0.478 e. The molecule has 1 N–H and O–H groups in total. The molecule has 0 unspecified atom stereocenters. The van der Waals surface area contributed by atoms with E-state index in [-0.39, 0.29) is 10.8 Å². The van der Waals surface area contributed by atoms with Gasteiger partial charge in [-0.2, -0.15) is 13.2 Å². The molecule has 2 heterocycles. The summed E-state index contributed by atoms with van der Waals surface area (Å²) < 4.78 is 39.0. The molecule has 0 atom stereocenters. The smallest absolute Gasteiger partial charge is 0.418 e. The summed E-state index contributed by atoms with van der Waals surface area (Å²) in [5.41, 5.74) is -2.14. The Hall–Kier alpha value is -2.09. The van der Waals surface area contributed by atoms with Gasteiger partial charge in [0.25, 0.3) is 0 Å². The number of carboxylic acids is 1. The van der Waals surface area contributed by atoms with E-state index in [2.05, 4.69) is 9.97 Å². The lowest BCUT2D eigenvalue weighted by Crippen LogP contribution is -2.09. The van der Waals surface area contributed by atoms with E-state index in [0.717, 1.165) is 17.1 Å². The summed E-state index contributed by atoms with van der Waals surface area (Å²) >= 11 is 5.74. The summed E-state index contributed by atoms with van der Waals surface area (Å²) in [5, 5.41) is 8.78. The fraction of sp³-hybridized carbons (Fsp3) is 0.100. The largest absolute Gasteiger partial charge is 0.478 e. The summed E-state index contributed by atoms with van der Waals surface area (Å²) in [5.74, 6) is -1.72. The fourth-order valence-corrected chi connectivity index (χ4v) is 1.67. The molecule has 0 aromatic carbocycles. The number of carboxylic acid groups (broad SMARTS) is 1. The molecule has 5 nitrogen and oxygen atoms in total. The van der Waals surface area contributed by atoms with Crippen LogP contribution in [0.15, 0.2) is 24.9 Å². The first kappa shape index (κ1) is 13.3. The standard InChI is InChI=1S/C10H5ClF3N3O2/c11-7-1-15-4-16-8(7)17-2-5(9(18)19)6(3-17)10(12,13)14/h1-4H,(H,18,19). The van der Waals surface area contributed by atoms with Crippen LogP contribution in [0.4, 0.5) is 13.2 Å². The van der Waals surface area contributed by atoms with Gasteiger partial charge < -0.3 is 9.67 Å². The zero-order valence-electron chi connectivity index (χ0n) is 9.02. The highest BCUT2D eigenvalue weighted by molar-refractivity contribution is 6.32. The number of aromatic nitrogens is 3. The monoisotopic (exact) mass is 291 g/mol. The van der Waals surface area contributed by atoms with Crippen molar-refractivity contribution in [3.8, 4) is 5.82 Å². The Labute approximate surface area is 109 Å². The lowest BCUT2D eigenvalue weighted by Gasteiger charge is -2.04. The first-order valence-corrected chi connectivity index (χ1v) is 5.17. The van der Waals surface area contributed by atoms with Gasteiger partial charge in [0.2, 0.25) is 0 Å². The van der Waals surface area contributed by atoms with Crippen LogP contribution in [-0.4, -0.2) is 25.6 Å². The number of rotatable bonds is 2. The molecule has 2 aromatic heterocycles. The van der Waals surface area contributed by atoms with Crippen LogP contribution >= 0.6 is 11.6 Å². The van der Waals surface area contributed by atoms with Crippen molar-refractivity contribution in [3.05, 3.63) is 41.1 Å². The number of alkyl halides is 3.